The number of aromatic nitrogens is 4. The summed E-state index contributed by atoms with van der Waals surface area (Å²) in [6, 6.07) is 10.6. The summed E-state index contributed by atoms with van der Waals surface area (Å²) in [6.07, 6.45) is 0. The van der Waals surface area contributed by atoms with Crippen LogP contribution in [0.3, 0.4) is 0 Å². The van der Waals surface area contributed by atoms with Crippen LogP contribution in [-0.2, 0) is 5.75 Å². The first-order valence-corrected chi connectivity index (χ1v) is 8.10. The van der Waals surface area contributed by atoms with Crippen molar-refractivity contribution in [1.82, 2.24) is 20.0 Å². The van der Waals surface area contributed by atoms with E-state index in [0.29, 0.717) is 0 Å². The summed E-state index contributed by atoms with van der Waals surface area (Å²) in [5, 5.41) is 12.4. The smallest absolute Gasteiger partial charge is 0.174 e. The molecule has 0 aliphatic rings. The van der Waals surface area contributed by atoms with E-state index in [1.165, 1.54) is 5.56 Å². The molecule has 4 nitrogen and oxygen atoms in total. The Morgan fingerprint density at radius 2 is 2.00 bits per heavy atom. The topological polar surface area (TPSA) is 43.6 Å². The van der Waals surface area contributed by atoms with E-state index in [1.807, 2.05) is 11.6 Å². The molecular formula is C14H14N4S2. The first-order valence-electron chi connectivity index (χ1n) is 6.24. The van der Waals surface area contributed by atoms with E-state index >= 15 is 0 Å². The summed E-state index contributed by atoms with van der Waals surface area (Å²) in [5.74, 6) is 0.909. The Morgan fingerprint density at radius 1 is 1.20 bits per heavy atom. The lowest BCUT2D eigenvalue weighted by atomic mass is 10.2. The molecule has 1 aromatic carbocycles. The van der Waals surface area contributed by atoms with E-state index in [0.717, 1.165) is 27.2 Å². The van der Waals surface area contributed by atoms with Crippen molar-refractivity contribution in [1.29, 1.82) is 0 Å². The fourth-order valence-corrected chi connectivity index (χ4v) is 3.44. The van der Waals surface area contributed by atoms with E-state index in [9.17, 15) is 0 Å². The molecule has 0 amide bonds. The zero-order valence-electron chi connectivity index (χ0n) is 11.3. The molecule has 0 saturated heterocycles. The predicted octanol–water partition coefficient (Wildman–Crippen LogP) is 3.63. The molecule has 0 aliphatic carbocycles. The summed E-state index contributed by atoms with van der Waals surface area (Å²) in [7, 11) is 0. The van der Waals surface area contributed by atoms with Crippen LogP contribution in [-0.4, -0.2) is 20.0 Å². The average molecular weight is 302 g/mol. The fraction of sp³-hybridized carbons (Fsp3) is 0.214. The number of nitrogens with zero attached hydrogens (tertiary/aromatic N) is 4. The van der Waals surface area contributed by atoms with Gasteiger partial charge in [0.25, 0.3) is 0 Å². The largest absolute Gasteiger partial charge is 0.238 e. The monoisotopic (exact) mass is 302 g/mol. The van der Waals surface area contributed by atoms with Crippen molar-refractivity contribution in [3.8, 4) is 5.69 Å². The van der Waals surface area contributed by atoms with Crippen LogP contribution in [0, 0.1) is 13.8 Å². The molecule has 0 saturated carbocycles. The van der Waals surface area contributed by atoms with Gasteiger partial charge in [-0.25, -0.2) is 4.68 Å². The summed E-state index contributed by atoms with van der Waals surface area (Å²) < 4.78 is 2.98. The number of aryl methyl sites for hydroxylation is 2. The number of rotatable bonds is 4. The second-order valence-corrected chi connectivity index (χ2v) is 6.55. The minimum atomic E-state index is 0.909. The van der Waals surface area contributed by atoms with Gasteiger partial charge in [-0.3, -0.25) is 0 Å². The molecule has 0 radical (unpaired) electrons. The van der Waals surface area contributed by atoms with Crippen molar-refractivity contribution >= 4 is 23.1 Å². The van der Waals surface area contributed by atoms with Gasteiger partial charge >= 0.3 is 0 Å². The van der Waals surface area contributed by atoms with E-state index in [-0.39, 0.29) is 0 Å². The van der Waals surface area contributed by atoms with Crippen LogP contribution in [0.1, 0.15) is 17.0 Å². The Morgan fingerprint density at radius 3 is 2.60 bits per heavy atom. The molecule has 0 aliphatic heterocycles. The van der Waals surface area contributed by atoms with Crippen molar-refractivity contribution in [3.63, 3.8) is 0 Å². The van der Waals surface area contributed by atoms with Gasteiger partial charge in [0.05, 0.1) is 11.4 Å². The molecule has 20 heavy (non-hydrogen) atoms. The lowest BCUT2D eigenvalue weighted by Gasteiger charge is -2.05. The van der Waals surface area contributed by atoms with Gasteiger partial charge in [0.15, 0.2) is 4.34 Å². The number of hydrogen-bond acceptors (Lipinski definition) is 5. The van der Waals surface area contributed by atoms with Crippen LogP contribution < -0.4 is 0 Å². The van der Waals surface area contributed by atoms with Gasteiger partial charge in [-0.05, 0) is 37.6 Å². The Bertz CT molecular complexity index is 687. The minimum absolute atomic E-state index is 0.909. The summed E-state index contributed by atoms with van der Waals surface area (Å²) in [5.41, 5.74) is 6.32. The van der Waals surface area contributed by atoms with E-state index < -0.39 is 0 Å². The molecular weight excluding hydrogens is 288 g/mol. The highest BCUT2D eigenvalue weighted by Gasteiger charge is 2.04. The number of thioether (sulfide) groups is 1. The van der Waals surface area contributed by atoms with E-state index in [4.69, 9.17) is 0 Å². The maximum absolute atomic E-state index is 4.49. The van der Waals surface area contributed by atoms with Gasteiger partial charge < -0.3 is 0 Å². The third-order valence-corrected chi connectivity index (χ3v) is 4.82. The first kappa shape index (κ1) is 13.3. The number of hydrogen-bond donors (Lipinski definition) is 0. The van der Waals surface area contributed by atoms with E-state index in [2.05, 4.69) is 52.6 Å². The van der Waals surface area contributed by atoms with Crippen molar-refractivity contribution < 1.29 is 0 Å². The van der Waals surface area contributed by atoms with Crippen LogP contribution in [0.5, 0.6) is 0 Å². The van der Waals surface area contributed by atoms with Gasteiger partial charge in [-0.2, -0.15) is 5.10 Å². The molecule has 0 N–H and O–H groups in total. The molecule has 6 heteroatoms. The molecule has 2 heterocycles. The fourth-order valence-electron chi connectivity index (χ4n) is 1.99. The van der Waals surface area contributed by atoms with Crippen molar-refractivity contribution in [3.05, 3.63) is 52.8 Å². The van der Waals surface area contributed by atoms with Crippen molar-refractivity contribution in [2.24, 2.45) is 0 Å². The van der Waals surface area contributed by atoms with Crippen LogP contribution in [0.2, 0.25) is 0 Å². The SMILES string of the molecule is Cc1cc(C)n(-c2ccc(CSc3nncs3)cc2)n1. The van der Waals surface area contributed by atoms with E-state index in [1.54, 1.807) is 28.6 Å². The van der Waals surface area contributed by atoms with Crippen LogP contribution in [0.4, 0.5) is 0 Å². The minimum Gasteiger partial charge on any atom is -0.238 e. The first-order chi connectivity index (χ1) is 9.72. The highest BCUT2D eigenvalue weighted by Crippen LogP contribution is 2.24. The summed E-state index contributed by atoms with van der Waals surface area (Å²) in [4.78, 5) is 0. The quantitative estimate of drug-likeness (QED) is 0.690. The molecule has 0 fully saturated rings. The lowest BCUT2D eigenvalue weighted by Crippen LogP contribution is -1.98. The van der Waals surface area contributed by atoms with Crippen LogP contribution >= 0.6 is 23.1 Å². The molecule has 0 atom stereocenters. The van der Waals surface area contributed by atoms with Crippen molar-refractivity contribution in [2.45, 2.75) is 23.9 Å². The molecule has 0 bridgehead atoms. The molecule has 102 valence electrons. The summed E-state index contributed by atoms with van der Waals surface area (Å²) >= 11 is 3.29. The zero-order valence-corrected chi connectivity index (χ0v) is 12.9. The zero-order chi connectivity index (χ0) is 13.9. The Kier molecular flexibility index (Phi) is 3.84. The average Bonchev–Trinajstić information content (AvgIpc) is 3.07. The van der Waals surface area contributed by atoms with Gasteiger partial charge in [0.1, 0.15) is 5.51 Å². The Hall–Kier alpha value is -1.66. The summed E-state index contributed by atoms with van der Waals surface area (Å²) in [6.45, 7) is 4.08. The highest BCUT2D eigenvalue weighted by atomic mass is 32.2. The van der Waals surface area contributed by atoms with Gasteiger partial charge in [-0.1, -0.05) is 35.2 Å². The molecule has 0 spiro atoms. The maximum Gasteiger partial charge on any atom is 0.174 e. The molecule has 0 unspecified atom stereocenters. The van der Waals surface area contributed by atoms with Gasteiger partial charge in [0, 0.05) is 11.4 Å². The van der Waals surface area contributed by atoms with Crippen LogP contribution in [0.25, 0.3) is 5.69 Å². The molecule has 3 aromatic rings. The highest BCUT2D eigenvalue weighted by molar-refractivity contribution is 8.00. The Labute approximate surface area is 125 Å². The van der Waals surface area contributed by atoms with Gasteiger partial charge in [-0.15, -0.1) is 10.2 Å². The standard InChI is InChI=1S/C14H14N4S2/c1-10-7-11(2)18(17-10)13-5-3-12(4-6-13)8-19-14-16-15-9-20-14/h3-7,9H,8H2,1-2H3. The lowest BCUT2D eigenvalue weighted by molar-refractivity contribution is 0.833. The second kappa shape index (κ2) is 5.76. The normalized spacial score (nSPS) is 10.9. The number of benzene rings is 1. The predicted molar refractivity (Wildman–Crippen MR) is 82.5 cm³/mol. The Balaban J connectivity index is 1.73. The van der Waals surface area contributed by atoms with Crippen LogP contribution in [0.15, 0.2) is 40.2 Å². The van der Waals surface area contributed by atoms with Gasteiger partial charge in [0.2, 0.25) is 0 Å². The third-order valence-electron chi connectivity index (χ3n) is 2.89. The third kappa shape index (κ3) is 2.91. The maximum atomic E-state index is 4.49. The second-order valence-electron chi connectivity index (χ2n) is 4.50. The van der Waals surface area contributed by atoms with Crippen molar-refractivity contribution in [2.75, 3.05) is 0 Å². The molecule has 3 rings (SSSR count). The molecule has 2 aromatic heterocycles.